The molecule has 7 nitrogen and oxygen atoms in total. The van der Waals surface area contributed by atoms with Crippen molar-refractivity contribution in [2.24, 2.45) is 0 Å². The first-order valence-electron chi connectivity index (χ1n) is 10.6. The Kier molecular flexibility index (Phi) is 7.14. The number of thioether (sulfide) groups is 1. The number of carbonyl (C=O) groups excluding carboxylic acids is 1. The molecule has 0 bridgehead atoms. The molecule has 174 valence electrons. The maximum absolute atomic E-state index is 13.4. The summed E-state index contributed by atoms with van der Waals surface area (Å²) in [4.78, 5) is 44.1. The topological polar surface area (TPSA) is 101 Å². The number of aryl methyl sites for hydroxylation is 2. The third kappa shape index (κ3) is 5.05. The monoisotopic (exact) mass is 493 g/mol. The van der Waals surface area contributed by atoms with Gasteiger partial charge in [0.25, 0.3) is 5.56 Å². The molecule has 2 N–H and O–H groups in total. The first kappa shape index (κ1) is 23.7. The molecule has 0 aliphatic carbocycles. The quantitative estimate of drug-likeness (QED) is 0.285. The fourth-order valence-electron chi connectivity index (χ4n) is 3.59. The van der Waals surface area contributed by atoms with Crippen LogP contribution in [-0.4, -0.2) is 38.3 Å². The van der Waals surface area contributed by atoms with Crippen LogP contribution in [0.1, 0.15) is 16.0 Å². The number of carboxylic acids is 1. The Bertz CT molecular complexity index is 1400. The van der Waals surface area contributed by atoms with Crippen LogP contribution in [0.15, 0.2) is 70.6 Å². The number of fused-ring (bicyclic) bond motifs is 1. The second-order valence-corrected chi connectivity index (χ2v) is 9.92. The van der Waals surface area contributed by atoms with Crippen molar-refractivity contribution in [3.05, 3.63) is 87.0 Å². The van der Waals surface area contributed by atoms with E-state index in [4.69, 9.17) is 4.98 Å². The van der Waals surface area contributed by atoms with Gasteiger partial charge in [-0.05, 0) is 37.1 Å². The highest BCUT2D eigenvalue weighted by Gasteiger charge is 2.22. The van der Waals surface area contributed by atoms with Gasteiger partial charge in [0.05, 0.1) is 16.8 Å². The van der Waals surface area contributed by atoms with Gasteiger partial charge >= 0.3 is 5.97 Å². The second kappa shape index (κ2) is 10.2. The van der Waals surface area contributed by atoms with E-state index in [9.17, 15) is 19.5 Å². The molecule has 0 aliphatic heterocycles. The lowest BCUT2D eigenvalue weighted by Crippen LogP contribution is -2.43. The third-order valence-corrected chi connectivity index (χ3v) is 7.47. The van der Waals surface area contributed by atoms with Crippen molar-refractivity contribution in [2.75, 3.05) is 5.75 Å². The van der Waals surface area contributed by atoms with Gasteiger partial charge in [0.1, 0.15) is 10.9 Å². The molecule has 1 atom stereocenters. The summed E-state index contributed by atoms with van der Waals surface area (Å²) in [6, 6.07) is 17.2. The number of aliphatic carboxylic acids is 1. The lowest BCUT2D eigenvalue weighted by Gasteiger charge is -2.15. The van der Waals surface area contributed by atoms with E-state index in [0.717, 1.165) is 27.8 Å². The molecule has 4 rings (SSSR count). The summed E-state index contributed by atoms with van der Waals surface area (Å²) in [5.41, 5.74) is 2.19. The van der Waals surface area contributed by atoms with Crippen molar-refractivity contribution in [1.82, 2.24) is 14.9 Å². The van der Waals surface area contributed by atoms with Crippen LogP contribution in [0, 0.1) is 13.8 Å². The van der Waals surface area contributed by atoms with Crippen LogP contribution in [0.25, 0.3) is 15.9 Å². The average molecular weight is 494 g/mol. The van der Waals surface area contributed by atoms with E-state index in [-0.39, 0.29) is 17.7 Å². The van der Waals surface area contributed by atoms with Gasteiger partial charge in [0.15, 0.2) is 5.16 Å². The molecule has 4 aromatic rings. The number of thiophene rings is 1. The lowest BCUT2D eigenvalue weighted by atomic mass is 10.1. The number of hydrogen-bond donors (Lipinski definition) is 2. The van der Waals surface area contributed by atoms with Crippen LogP contribution in [0.4, 0.5) is 0 Å². The molecule has 34 heavy (non-hydrogen) atoms. The molecule has 1 amide bonds. The van der Waals surface area contributed by atoms with Gasteiger partial charge in [-0.15, -0.1) is 11.3 Å². The number of rotatable bonds is 8. The summed E-state index contributed by atoms with van der Waals surface area (Å²) in [6.45, 7) is 3.86. The van der Waals surface area contributed by atoms with Crippen molar-refractivity contribution in [2.45, 2.75) is 31.5 Å². The van der Waals surface area contributed by atoms with Crippen molar-refractivity contribution in [3.8, 4) is 5.69 Å². The van der Waals surface area contributed by atoms with E-state index in [2.05, 4.69) is 5.32 Å². The Hall–Kier alpha value is -3.43. The molecule has 0 fully saturated rings. The fraction of sp³-hybridized carbons (Fsp3) is 0.200. The molecule has 0 saturated heterocycles. The average Bonchev–Trinajstić information content (AvgIpc) is 3.12. The minimum Gasteiger partial charge on any atom is -0.480 e. The molecule has 0 aliphatic rings. The number of benzene rings is 2. The summed E-state index contributed by atoms with van der Waals surface area (Å²) >= 11 is 2.55. The van der Waals surface area contributed by atoms with Gasteiger partial charge in [0, 0.05) is 11.3 Å². The number of carbonyl (C=O) groups is 2. The first-order valence-corrected chi connectivity index (χ1v) is 12.4. The number of para-hydroxylation sites is 1. The van der Waals surface area contributed by atoms with Crippen molar-refractivity contribution < 1.29 is 14.7 Å². The van der Waals surface area contributed by atoms with Crippen LogP contribution in [0.5, 0.6) is 0 Å². The first-order chi connectivity index (χ1) is 16.3. The Morgan fingerprint density at radius 2 is 1.74 bits per heavy atom. The maximum Gasteiger partial charge on any atom is 0.326 e. The molecule has 2 aromatic carbocycles. The Balaban J connectivity index is 1.59. The maximum atomic E-state index is 13.4. The number of amides is 1. The standard InChI is InChI=1S/C25H23N3O4S2/c1-15-16(2)34-22-21(15)23(30)28(18-11-7-4-8-12-18)25(27-22)33-14-20(29)26-19(24(31)32)13-17-9-5-3-6-10-17/h3-12,19H,13-14H2,1-2H3,(H,26,29)(H,31,32)/t19-/m1/s1. The summed E-state index contributed by atoms with van der Waals surface area (Å²) in [6.07, 6.45) is 0.180. The molecular weight excluding hydrogens is 470 g/mol. The normalized spacial score (nSPS) is 11.9. The minimum absolute atomic E-state index is 0.0767. The second-order valence-electron chi connectivity index (χ2n) is 7.77. The van der Waals surface area contributed by atoms with E-state index < -0.39 is 17.9 Å². The SMILES string of the molecule is Cc1sc2nc(SCC(=O)N[C@H](Cc3ccccc3)C(=O)O)n(-c3ccccc3)c(=O)c2c1C. The van der Waals surface area contributed by atoms with E-state index in [1.54, 1.807) is 0 Å². The van der Waals surface area contributed by atoms with Crippen LogP contribution >= 0.6 is 23.1 Å². The molecule has 0 saturated carbocycles. The predicted octanol–water partition coefficient (Wildman–Crippen LogP) is 3.97. The Labute approximate surface area is 204 Å². The van der Waals surface area contributed by atoms with Crippen LogP contribution in [0.3, 0.4) is 0 Å². The summed E-state index contributed by atoms with van der Waals surface area (Å²) in [7, 11) is 0. The molecular formula is C25H23N3O4S2. The van der Waals surface area contributed by atoms with E-state index in [1.807, 2.05) is 74.5 Å². The van der Waals surface area contributed by atoms with E-state index >= 15 is 0 Å². The molecule has 9 heteroatoms. The zero-order valence-electron chi connectivity index (χ0n) is 18.6. The van der Waals surface area contributed by atoms with Crippen molar-refractivity contribution >= 4 is 45.2 Å². The van der Waals surface area contributed by atoms with Crippen LogP contribution < -0.4 is 10.9 Å². The summed E-state index contributed by atoms with van der Waals surface area (Å²) in [5.74, 6) is -1.62. The van der Waals surface area contributed by atoms with Gasteiger partial charge in [-0.1, -0.05) is 60.3 Å². The van der Waals surface area contributed by atoms with E-state index in [1.165, 1.54) is 15.9 Å². The summed E-state index contributed by atoms with van der Waals surface area (Å²) < 4.78 is 1.51. The predicted molar refractivity (Wildman–Crippen MR) is 135 cm³/mol. The zero-order chi connectivity index (χ0) is 24.2. The Morgan fingerprint density at radius 1 is 1.09 bits per heavy atom. The van der Waals surface area contributed by atoms with Gasteiger partial charge < -0.3 is 10.4 Å². The third-order valence-electron chi connectivity index (χ3n) is 5.43. The van der Waals surface area contributed by atoms with Crippen LogP contribution in [-0.2, 0) is 16.0 Å². The highest BCUT2D eigenvalue weighted by atomic mass is 32.2. The van der Waals surface area contributed by atoms with Gasteiger partial charge in [-0.3, -0.25) is 14.2 Å². The minimum atomic E-state index is -1.10. The zero-order valence-corrected chi connectivity index (χ0v) is 20.3. The highest BCUT2D eigenvalue weighted by molar-refractivity contribution is 7.99. The van der Waals surface area contributed by atoms with Gasteiger partial charge in [-0.2, -0.15) is 0 Å². The molecule has 0 radical (unpaired) electrons. The summed E-state index contributed by atoms with van der Waals surface area (Å²) in [5, 5.41) is 13.1. The number of nitrogens with one attached hydrogen (secondary N) is 1. The number of aromatic nitrogens is 2. The fourth-order valence-corrected chi connectivity index (χ4v) is 5.49. The number of carboxylic acid groups (broad SMARTS) is 1. The smallest absolute Gasteiger partial charge is 0.326 e. The van der Waals surface area contributed by atoms with Crippen molar-refractivity contribution in [1.29, 1.82) is 0 Å². The highest BCUT2D eigenvalue weighted by Crippen LogP contribution is 2.29. The largest absolute Gasteiger partial charge is 0.480 e. The molecule has 0 unspecified atom stereocenters. The molecule has 2 heterocycles. The molecule has 0 spiro atoms. The number of hydrogen-bond acceptors (Lipinski definition) is 6. The van der Waals surface area contributed by atoms with Crippen LogP contribution in [0.2, 0.25) is 0 Å². The lowest BCUT2D eigenvalue weighted by molar-refractivity contribution is -0.141. The Morgan fingerprint density at radius 3 is 2.38 bits per heavy atom. The van der Waals surface area contributed by atoms with Gasteiger partial charge in [0.2, 0.25) is 5.91 Å². The van der Waals surface area contributed by atoms with E-state index in [0.29, 0.717) is 21.1 Å². The number of nitrogens with zero attached hydrogens (tertiary/aromatic N) is 2. The molecule has 2 aromatic heterocycles. The van der Waals surface area contributed by atoms with Gasteiger partial charge in [-0.25, -0.2) is 9.78 Å². The van der Waals surface area contributed by atoms with Crippen molar-refractivity contribution in [3.63, 3.8) is 0 Å².